The molecule has 0 saturated carbocycles. The predicted octanol–water partition coefficient (Wildman–Crippen LogP) is 2.58. The van der Waals surface area contributed by atoms with Crippen LogP contribution in [0.4, 0.5) is 10.5 Å². The topological polar surface area (TPSA) is 79.4 Å². The number of piperazine rings is 1. The molecular formula is C18H19N5O2S. The summed E-state index contributed by atoms with van der Waals surface area (Å²) in [7, 11) is 0. The summed E-state index contributed by atoms with van der Waals surface area (Å²) in [5.74, 6) is 0.703. The van der Waals surface area contributed by atoms with Crippen LogP contribution in [0.25, 0.3) is 10.2 Å². The monoisotopic (exact) mass is 369 g/mol. The second-order valence-corrected chi connectivity index (χ2v) is 6.90. The maximum Gasteiger partial charge on any atom is 0.322 e. The van der Waals surface area contributed by atoms with Crippen molar-refractivity contribution >= 4 is 33.3 Å². The van der Waals surface area contributed by atoms with E-state index in [1.807, 2.05) is 35.2 Å². The van der Waals surface area contributed by atoms with Crippen molar-refractivity contribution in [3.63, 3.8) is 0 Å². The Labute approximate surface area is 155 Å². The van der Waals surface area contributed by atoms with Crippen molar-refractivity contribution in [1.82, 2.24) is 20.2 Å². The molecule has 1 aliphatic rings. The molecule has 1 saturated heterocycles. The van der Waals surface area contributed by atoms with Crippen molar-refractivity contribution in [3.05, 3.63) is 48.2 Å². The molecule has 134 valence electrons. The Bertz CT molecular complexity index is 885. The van der Waals surface area contributed by atoms with Crippen LogP contribution in [-0.2, 0) is 0 Å². The van der Waals surface area contributed by atoms with Gasteiger partial charge in [0.25, 0.3) is 0 Å². The van der Waals surface area contributed by atoms with Crippen LogP contribution in [0.5, 0.6) is 5.75 Å². The summed E-state index contributed by atoms with van der Waals surface area (Å²) in [5, 5.41) is 6.31. The first kappa shape index (κ1) is 16.7. The second kappa shape index (κ2) is 7.67. The van der Waals surface area contributed by atoms with Gasteiger partial charge in [0, 0.05) is 31.5 Å². The number of nitrogens with one attached hydrogen (secondary N) is 2. The number of carbonyl (C=O) groups is 1. The Kier molecular flexibility index (Phi) is 4.94. The van der Waals surface area contributed by atoms with E-state index in [0.717, 1.165) is 22.4 Å². The molecule has 1 atom stereocenters. The van der Waals surface area contributed by atoms with E-state index in [4.69, 9.17) is 4.74 Å². The second-order valence-electron chi connectivity index (χ2n) is 6.02. The first-order valence-electron chi connectivity index (χ1n) is 8.44. The molecule has 26 heavy (non-hydrogen) atoms. The summed E-state index contributed by atoms with van der Waals surface area (Å²) in [6.45, 7) is 2.52. The predicted molar refractivity (Wildman–Crippen MR) is 102 cm³/mol. The van der Waals surface area contributed by atoms with E-state index in [-0.39, 0.29) is 12.1 Å². The smallest absolute Gasteiger partial charge is 0.322 e. The van der Waals surface area contributed by atoms with Crippen LogP contribution in [0, 0.1) is 0 Å². The molecule has 3 aromatic rings. The van der Waals surface area contributed by atoms with E-state index in [1.54, 1.807) is 29.2 Å². The van der Waals surface area contributed by atoms with Gasteiger partial charge in [0.2, 0.25) is 0 Å². The molecule has 1 unspecified atom stereocenters. The molecular weight excluding hydrogens is 350 g/mol. The number of benzene rings is 1. The number of urea groups is 1. The van der Waals surface area contributed by atoms with Crippen LogP contribution < -0.4 is 15.4 Å². The molecule has 4 rings (SSSR count). The highest BCUT2D eigenvalue weighted by molar-refractivity contribution is 7.16. The summed E-state index contributed by atoms with van der Waals surface area (Å²) in [6, 6.07) is 9.28. The van der Waals surface area contributed by atoms with Crippen LogP contribution in [0.2, 0.25) is 0 Å². The van der Waals surface area contributed by atoms with Gasteiger partial charge < -0.3 is 20.3 Å². The van der Waals surface area contributed by atoms with Crippen molar-refractivity contribution in [2.45, 2.75) is 6.04 Å². The van der Waals surface area contributed by atoms with Crippen molar-refractivity contribution in [2.75, 3.05) is 31.6 Å². The molecule has 8 heteroatoms. The molecule has 0 radical (unpaired) electrons. The number of carbonyl (C=O) groups excluding carboxylic acids is 1. The molecule has 3 heterocycles. The van der Waals surface area contributed by atoms with Gasteiger partial charge in [-0.2, -0.15) is 0 Å². The van der Waals surface area contributed by atoms with E-state index in [1.165, 1.54) is 0 Å². The standard InChI is InChI=1S/C18H19N5O2S/c24-18(22-13-3-4-16-17(8-13)26-12-21-16)23-7-6-20-9-14(23)11-25-15-2-1-5-19-10-15/h1-5,8,10,12,14,20H,6-7,9,11H2,(H,22,24). The van der Waals surface area contributed by atoms with E-state index in [0.29, 0.717) is 25.4 Å². The van der Waals surface area contributed by atoms with Gasteiger partial charge in [-0.15, -0.1) is 11.3 Å². The quantitative estimate of drug-likeness (QED) is 0.739. The lowest BCUT2D eigenvalue weighted by molar-refractivity contribution is 0.133. The summed E-state index contributed by atoms with van der Waals surface area (Å²) < 4.78 is 6.85. The number of thiazole rings is 1. The van der Waals surface area contributed by atoms with E-state index >= 15 is 0 Å². The first-order valence-corrected chi connectivity index (χ1v) is 9.32. The number of pyridine rings is 1. The summed E-state index contributed by atoms with van der Waals surface area (Å²) >= 11 is 1.56. The highest BCUT2D eigenvalue weighted by atomic mass is 32.1. The van der Waals surface area contributed by atoms with Crippen LogP contribution in [-0.4, -0.2) is 53.2 Å². The fourth-order valence-electron chi connectivity index (χ4n) is 2.93. The van der Waals surface area contributed by atoms with Crippen LogP contribution in [0.1, 0.15) is 0 Å². The normalized spacial score (nSPS) is 17.2. The van der Waals surface area contributed by atoms with Gasteiger partial charge in [-0.25, -0.2) is 9.78 Å². The van der Waals surface area contributed by atoms with Crippen molar-refractivity contribution < 1.29 is 9.53 Å². The SMILES string of the molecule is O=C(Nc1ccc2ncsc2c1)N1CCNCC1COc1cccnc1. The van der Waals surface area contributed by atoms with Crippen molar-refractivity contribution in [2.24, 2.45) is 0 Å². The van der Waals surface area contributed by atoms with Crippen LogP contribution in [0.3, 0.4) is 0 Å². The maximum absolute atomic E-state index is 12.8. The molecule has 1 fully saturated rings. The molecule has 0 bridgehead atoms. The van der Waals surface area contributed by atoms with Crippen molar-refractivity contribution in [1.29, 1.82) is 0 Å². The third-order valence-electron chi connectivity index (χ3n) is 4.27. The van der Waals surface area contributed by atoms with E-state index < -0.39 is 0 Å². The van der Waals surface area contributed by atoms with Gasteiger partial charge in [0.05, 0.1) is 28.0 Å². The lowest BCUT2D eigenvalue weighted by atomic mass is 10.2. The zero-order valence-corrected chi connectivity index (χ0v) is 14.9. The number of nitrogens with zero attached hydrogens (tertiary/aromatic N) is 3. The maximum atomic E-state index is 12.8. The number of aromatic nitrogens is 2. The Morgan fingerprint density at radius 2 is 2.38 bits per heavy atom. The lowest BCUT2D eigenvalue weighted by Crippen LogP contribution is -2.57. The average Bonchev–Trinajstić information content (AvgIpc) is 3.15. The van der Waals surface area contributed by atoms with E-state index in [2.05, 4.69) is 20.6 Å². The van der Waals surface area contributed by atoms with Gasteiger partial charge in [0.1, 0.15) is 12.4 Å². The lowest BCUT2D eigenvalue weighted by Gasteiger charge is -2.35. The Balaban J connectivity index is 1.42. The number of amides is 2. The minimum atomic E-state index is -0.116. The number of fused-ring (bicyclic) bond motifs is 1. The minimum Gasteiger partial charge on any atom is -0.490 e. The number of hydrogen-bond donors (Lipinski definition) is 2. The molecule has 1 aromatic carbocycles. The zero-order valence-electron chi connectivity index (χ0n) is 14.1. The fourth-order valence-corrected chi connectivity index (χ4v) is 3.65. The number of rotatable bonds is 4. The minimum absolute atomic E-state index is 0.0453. The van der Waals surface area contributed by atoms with Crippen molar-refractivity contribution in [3.8, 4) is 5.75 Å². The highest BCUT2D eigenvalue weighted by Gasteiger charge is 2.27. The van der Waals surface area contributed by atoms with Gasteiger partial charge in [-0.1, -0.05) is 0 Å². The molecule has 0 spiro atoms. The van der Waals surface area contributed by atoms with Gasteiger partial charge in [-0.05, 0) is 30.3 Å². The van der Waals surface area contributed by atoms with E-state index in [9.17, 15) is 4.79 Å². The third kappa shape index (κ3) is 3.76. The fraction of sp³-hybridized carbons (Fsp3) is 0.278. The summed E-state index contributed by atoms with van der Waals surface area (Å²) in [6.07, 6.45) is 3.37. The summed E-state index contributed by atoms with van der Waals surface area (Å²) in [4.78, 5) is 22.9. The third-order valence-corrected chi connectivity index (χ3v) is 5.06. The number of ether oxygens (including phenoxy) is 1. The molecule has 0 aliphatic carbocycles. The number of hydrogen-bond acceptors (Lipinski definition) is 6. The molecule has 7 nitrogen and oxygen atoms in total. The largest absolute Gasteiger partial charge is 0.490 e. The Morgan fingerprint density at radius 1 is 1.42 bits per heavy atom. The van der Waals surface area contributed by atoms with Crippen LogP contribution >= 0.6 is 11.3 Å². The number of anilines is 1. The molecule has 1 aliphatic heterocycles. The molecule has 2 aromatic heterocycles. The zero-order chi connectivity index (χ0) is 17.8. The van der Waals surface area contributed by atoms with Gasteiger partial charge >= 0.3 is 6.03 Å². The first-order chi connectivity index (χ1) is 12.8. The van der Waals surface area contributed by atoms with Gasteiger partial charge in [-0.3, -0.25) is 4.98 Å². The molecule has 2 amide bonds. The molecule has 2 N–H and O–H groups in total. The Morgan fingerprint density at radius 3 is 3.27 bits per heavy atom. The summed E-state index contributed by atoms with van der Waals surface area (Å²) in [5.41, 5.74) is 3.52. The highest BCUT2D eigenvalue weighted by Crippen LogP contribution is 2.22. The van der Waals surface area contributed by atoms with Crippen LogP contribution in [0.15, 0.2) is 48.2 Å². The average molecular weight is 369 g/mol. The Hall–Kier alpha value is -2.71. The van der Waals surface area contributed by atoms with Gasteiger partial charge in [0.15, 0.2) is 0 Å².